The number of carbonyl (C=O) groups is 3. The van der Waals surface area contributed by atoms with E-state index in [9.17, 15) is 57.9 Å². The molecule has 1 fully saturated rings. The minimum atomic E-state index is -5.58. The van der Waals surface area contributed by atoms with Crippen LogP contribution in [0, 0.1) is 5.41 Å². The molecular weight excluding hydrogens is 915 g/mol. The number of hydrogen-bond donors (Lipinski definition) is 9. The summed E-state index contributed by atoms with van der Waals surface area (Å²) in [5.74, 6) is -1.11. The van der Waals surface area contributed by atoms with Gasteiger partial charge in [-0.2, -0.15) is 4.31 Å². The second-order valence-electron chi connectivity index (χ2n) is 14.9. The van der Waals surface area contributed by atoms with Crippen molar-refractivity contribution in [1.29, 1.82) is 0 Å². The lowest BCUT2D eigenvalue weighted by molar-refractivity contribution is -0.137. The molecule has 1 aliphatic rings. The van der Waals surface area contributed by atoms with Crippen molar-refractivity contribution in [3.63, 3.8) is 0 Å². The first-order chi connectivity index (χ1) is 29.6. The third-order valence-electron chi connectivity index (χ3n) is 9.16. The molecule has 10 N–H and O–H groups in total. The Bertz CT molecular complexity index is 2020. The predicted octanol–water partition coefficient (Wildman–Crippen LogP) is 2.92. The topological polar surface area (TPSA) is 364 Å². The fourth-order valence-corrected chi connectivity index (χ4v) is 9.29. The summed E-state index contributed by atoms with van der Waals surface area (Å²) in [5.41, 5.74) is 4.27. The highest BCUT2D eigenvalue weighted by Crippen LogP contribution is 2.61. The first-order valence-corrected chi connectivity index (χ1v) is 25.4. The van der Waals surface area contributed by atoms with Gasteiger partial charge < -0.3 is 50.9 Å². The zero-order valence-corrected chi connectivity index (χ0v) is 38.5. The maximum absolute atomic E-state index is 12.7. The summed E-state index contributed by atoms with van der Waals surface area (Å²) in [5, 5.41) is 26.4. The molecule has 2 aromatic rings. The van der Waals surface area contributed by atoms with Crippen LogP contribution in [0.5, 0.6) is 0 Å². The minimum Gasteiger partial charge on any atom is -0.386 e. The molecule has 63 heavy (non-hydrogen) atoms. The lowest BCUT2D eigenvalue weighted by Gasteiger charge is -2.30. The lowest BCUT2D eigenvalue weighted by Crippen LogP contribution is -2.46. The molecule has 24 nitrogen and oxygen atoms in total. The number of hydrogen-bond acceptors (Lipinski definition) is 18. The SMILES string of the molecule is CCCCCCCCC=CC=CCC(=O)SCCNC(=O)CCNC(=O)C(O)C(C)(C)COP(=O)(O)OP(=O)(O)OCC1OC(n2cnc3c(N)ncnc32)C(O)C1OP(=O)(O)O. The van der Waals surface area contributed by atoms with Crippen LogP contribution < -0.4 is 16.4 Å². The quantitative estimate of drug-likeness (QED) is 0.0321. The molecule has 0 radical (unpaired) electrons. The second kappa shape index (κ2) is 25.7. The number of fused-ring (bicyclic) bond motifs is 1. The Morgan fingerprint density at radius 3 is 2.38 bits per heavy atom. The molecule has 0 aromatic carbocycles. The van der Waals surface area contributed by atoms with E-state index in [1.165, 1.54) is 46.0 Å². The fraction of sp³-hybridized carbons (Fsp3) is 0.657. The number of aliphatic hydroxyl groups is 2. The third kappa shape index (κ3) is 19.2. The number of amides is 2. The van der Waals surface area contributed by atoms with E-state index >= 15 is 0 Å². The Morgan fingerprint density at radius 2 is 1.67 bits per heavy atom. The molecule has 7 atom stereocenters. The van der Waals surface area contributed by atoms with Gasteiger partial charge in [0.25, 0.3) is 0 Å². The van der Waals surface area contributed by atoms with Gasteiger partial charge in [0.05, 0.1) is 19.5 Å². The van der Waals surface area contributed by atoms with Crippen molar-refractivity contribution in [3.8, 4) is 0 Å². The number of carbonyl (C=O) groups excluding carboxylic acids is 3. The van der Waals surface area contributed by atoms with Crippen molar-refractivity contribution in [2.45, 2.75) is 109 Å². The van der Waals surface area contributed by atoms with Gasteiger partial charge >= 0.3 is 23.5 Å². The van der Waals surface area contributed by atoms with Crippen LogP contribution in [0.4, 0.5) is 5.82 Å². The summed E-state index contributed by atoms with van der Waals surface area (Å²) in [6.07, 6.45) is 9.38. The number of phosphoric acid groups is 3. The minimum absolute atomic E-state index is 0.0309. The lowest BCUT2D eigenvalue weighted by atomic mass is 9.87. The molecule has 0 saturated carbocycles. The second-order valence-corrected chi connectivity index (χ2v) is 20.3. The number of anilines is 1. The van der Waals surface area contributed by atoms with Gasteiger partial charge in [0, 0.05) is 37.1 Å². The number of unbranched alkanes of at least 4 members (excludes halogenated alkanes) is 6. The zero-order chi connectivity index (χ0) is 46.8. The molecule has 0 aliphatic carbocycles. The van der Waals surface area contributed by atoms with Crippen molar-refractivity contribution in [3.05, 3.63) is 37.0 Å². The Hall–Kier alpha value is -2.96. The zero-order valence-electron chi connectivity index (χ0n) is 35.0. The highest BCUT2D eigenvalue weighted by Gasteiger charge is 2.50. The van der Waals surface area contributed by atoms with Crippen LogP contribution >= 0.6 is 35.2 Å². The number of allylic oxidation sites excluding steroid dienone is 4. The van der Waals surface area contributed by atoms with Crippen LogP contribution in [0.25, 0.3) is 11.2 Å². The van der Waals surface area contributed by atoms with Crippen molar-refractivity contribution in [1.82, 2.24) is 30.2 Å². The number of nitrogen functional groups attached to an aromatic ring is 1. The van der Waals surface area contributed by atoms with Gasteiger partial charge in [-0.15, -0.1) is 0 Å². The molecular formula is C35H58N7O17P3S. The molecule has 7 unspecified atom stereocenters. The van der Waals surface area contributed by atoms with E-state index in [-0.39, 0.29) is 48.0 Å². The van der Waals surface area contributed by atoms with E-state index in [0.29, 0.717) is 5.75 Å². The first kappa shape index (κ1) is 54.4. The maximum Gasteiger partial charge on any atom is 0.481 e. The fourth-order valence-electron chi connectivity index (χ4n) is 5.81. The Morgan fingerprint density at radius 1 is 0.984 bits per heavy atom. The summed E-state index contributed by atoms with van der Waals surface area (Å²) in [6.45, 7) is 2.69. The Balaban J connectivity index is 1.38. The number of thioether (sulfide) groups is 1. The first-order valence-electron chi connectivity index (χ1n) is 19.9. The smallest absolute Gasteiger partial charge is 0.386 e. The number of nitrogens with one attached hydrogen (secondary N) is 2. The van der Waals surface area contributed by atoms with Crippen molar-refractivity contribution >= 4 is 69.1 Å². The normalized spacial score (nSPS) is 20.8. The molecule has 3 heterocycles. The highest BCUT2D eigenvalue weighted by molar-refractivity contribution is 8.13. The number of aliphatic hydroxyl groups excluding tert-OH is 2. The number of aromatic nitrogens is 4. The highest BCUT2D eigenvalue weighted by atomic mass is 32.2. The molecule has 0 bridgehead atoms. The third-order valence-corrected chi connectivity index (χ3v) is 13.2. The average molecular weight is 974 g/mol. The predicted molar refractivity (Wildman–Crippen MR) is 228 cm³/mol. The average Bonchev–Trinajstić information content (AvgIpc) is 3.76. The number of nitrogens with zero attached hydrogens (tertiary/aromatic N) is 4. The van der Waals surface area contributed by atoms with E-state index in [4.69, 9.17) is 19.5 Å². The van der Waals surface area contributed by atoms with E-state index in [1.807, 2.05) is 12.2 Å². The van der Waals surface area contributed by atoms with Crippen LogP contribution in [0.2, 0.25) is 0 Å². The molecule has 356 valence electrons. The van der Waals surface area contributed by atoms with Crippen LogP contribution in [0.3, 0.4) is 0 Å². The van der Waals surface area contributed by atoms with Crippen molar-refractivity contribution < 1.29 is 80.5 Å². The van der Waals surface area contributed by atoms with Crippen molar-refractivity contribution in [2.24, 2.45) is 5.41 Å². The maximum atomic E-state index is 12.7. The number of ether oxygens (including phenoxy) is 1. The molecule has 28 heteroatoms. The molecule has 2 amide bonds. The van der Waals surface area contributed by atoms with E-state index in [2.05, 4.69) is 47.4 Å². The summed E-state index contributed by atoms with van der Waals surface area (Å²) in [7, 11) is -16.4. The number of imidazole rings is 1. The van der Waals surface area contributed by atoms with Gasteiger partial charge in [-0.25, -0.2) is 28.6 Å². The van der Waals surface area contributed by atoms with Crippen LogP contribution in [-0.4, -0.2) is 123 Å². The van der Waals surface area contributed by atoms with Gasteiger partial charge in [-0.05, 0) is 12.8 Å². The molecule has 3 rings (SSSR count). The van der Waals surface area contributed by atoms with Gasteiger partial charge in [0.15, 0.2) is 22.8 Å². The summed E-state index contributed by atoms with van der Waals surface area (Å²) in [4.78, 5) is 88.0. The van der Waals surface area contributed by atoms with Gasteiger partial charge in [-0.3, -0.25) is 32.5 Å². The van der Waals surface area contributed by atoms with Gasteiger partial charge in [-0.1, -0.05) is 88.9 Å². The molecule has 1 saturated heterocycles. The van der Waals surface area contributed by atoms with Crippen LogP contribution in [0.15, 0.2) is 37.0 Å². The van der Waals surface area contributed by atoms with Crippen LogP contribution in [-0.2, 0) is 50.7 Å². The van der Waals surface area contributed by atoms with E-state index in [1.54, 1.807) is 6.08 Å². The van der Waals surface area contributed by atoms with Crippen molar-refractivity contribution in [2.75, 3.05) is 37.8 Å². The summed E-state index contributed by atoms with van der Waals surface area (Å²) in [6, 6.07) is 0. The summed E-state index contributed by atoms with van der Waals surface area (Å²) < 4.78 is 62.3. The summed E-state index contributed by atoms with van der Waals surface area (Å²) >= 11 is 1.08. The van der Waals surface area contributed by atoms with Crippen LogP contribution in [0.1, 0.15) is 84.8 Å². The van der Waals surface area contributed by atoms with E-state index < -0.39 is 84.6 Å². The Labute approximate surface area is 368 Å². The Kier molecular flexibility index (Phi) is 22.1. The standard InChI is InChI=1S/C35H58N7O17P3S/c1-4-5-6-7-8-9-10-11-12-13-14-15-26(44)63-19-18-37-25(43)16-17-38-33(47)30(46)35(2,3)21-56-62(53,54)59-61(51,52)55-20-24-29(58-60(48,49)50)28(45)34(57-24)42-23-41-27-31(36)39-22-40-32(27)42/h11-14,22-24,28-30,34,45-46H,4-10,15-21H2,1-3H3,(H,37,43)(H,38,47)(H,51,52)(H,53,54)(H2,36,39,40)(H2,48,49,50). The molecule has 0 spiro atoms. The molecule has 2 aromatic heterocycles. The van der Waals surface area contributed by atoms with Gasteiger partial charge in [0.1, 0.15) is 36.3 Å². The number of nitrogens with two attached hydrogens (primary N) is 1. The van der Waals surface area contributed by atoms with Gasteiger partial charge in [0.2, 0.25) is 11.8 Å². The molecule has 1 aliphatic heterocycles. The van der Waals surface area contributed by atoms with E-state index in [0.717, 1.165) is 41.8 Å². The monoisotopic (exact) mass is 973 g/mol. The number of rotatable bonds is 29. The number of phosphoric ester groups is 3. The largest absolute Gasteiger partial charge is 0.481 e.